The summed E-state index contributed by atoms with van der Waals surface area (Å²) in [4.78, 5) is 19.0. The minimum absolute atomic E-state index is 0. The molecule has 0 saturated carbocycles. The Balaban J connectivity index is 0.00000280. The van der Waals surface area contributed by atoms with Gasteiger partial charge in [0.15, 0.2) is 18.1 Å². The fourth-order valence-corrected chi connectivity index (χ4v) is 2.82. The first-order chi connectivity index (χ1) is 12.9. The molecule has 0 fully saturated rings. The SMILES string of the molecule is Cl.NC1=NC(c2ccc([N+](=O)[O-])cc2)NC(=NCCc2ccc(Cl)c(Cl)c2)N1. The lowest BCUT2D eigenvalue weighted by atomic mass is 10.1. The molecular formula is C17H17Cl3N6O2. The Hall–Kier alpha value is -2.55. The summed E-state index contributed by atoms with van der Waals surface area (Å²) in [6, 6.07) is 11.6. The monoisotopic (exact) mass is 442 g/mol. The summed E-state index contributed by atoms with van der Waals surface area (Å²) in [6.07, 6.45) is 0.194. The molecule has 0 bridgehead atoms. The predicted molar refractivity (Wildman–Crippen MR) is 113 cm³/mol. The van der Waals surface area contributed by atoms with Crippen molar-refractivity contribution < 1.29 is 4.92 Å². The number of rotatable bonds is 5. The zero-order valence-electron chi connectivity index (χ0n) is 14.4. The normalized spacial score (nSPS) is 17.1. The maximum absolute atomic E-state index is 10.8. The number of benzene rings is 2. The Morgan fingerprint density at radius 3 is 2.54 bits per heavy atom. The van der Waals surface area contributed by atoms with E-state index in [0.29, 0.717) is 29.0 Å². The summed E-state index contributed by atoms with van der Waals surface area (Å²) < 4.78 is 0. The lowest BCUT2D eigenvalue weighted by Gasteiger charge is -2.24. The van der Waals surface area contributed by atoms with E-state index in [-0.39, 0.29) is 24.1 Å². The number of hydrogen-bond acceptors (Lipinski definition) is 5. The predicted octanol–water partition coefficient (Wildman–Crippen LogP) is 3.43. The maximum atomic E-state index is 10.8. The Morgan fingerprint density at radius 1 is 1.18 bits per heavy atom. The Morgan fingerprint density at radius 2 is 1.89 bits per heavy atom. The topological polar surface area (TPSA) is 118 Å². The van der Waals surface area contributed by atoms with Crippen LogP contribution < -0.4 is 16.4 Å². The van der Waals surface area contributed by atoms with Gasteiger partial charge >= 0.3 is 0 Å². The quantitative estimate of drug-likeness (QED) is 0.483. The Bertz CT molecular complexity index is 918. The van der Waals surface area contributed by atoms with Crippen molar-refractivity contribution in [3.8, 4) is 0 Å². The van der Waals surface area contributed by atoms with Crippen molar-refractivity contribution in [2.75, 3.05) is 6.54 Å². The molecule has 0 aromatic heterocycles. The first kappa shape index (κ1) is 21.7. The number of hydrogen-bond donors (Lipinski definition) is 3. The van der Waals surface area contributed by atoms with Gasteiger partial charge in [0.1, 0.15) is 0 Å². The zero-order valence-corrected chi connectivity index (χ0v) is 16.8. The van der Waals surface area contributed by atoms with Gasteiger partial charge in [0, 0.05) is 18.7 Å². The van der Waals surface area contributed by atoms with E-state index in [2.05, 4.69) is 20.6 Å². The van der Waals surface area contributed by atoms with Gasteiger partial charge in [-0.05, 0) is 41.8 Å². The molecule has 0 amide bonds. The van der Waals surface area contributed by atoms with Crippen molar-refractivity contribution in [3.05, 3.63) is 73.8 Å². The van der Waals surface area contributed by atoms with Crippen LogP contribution >= 0.6 is 35.6 Å². The van der Waals surface area contributed by atoms with Crippen LogP contribution in [-0.2, 0) is 6.42 Å². The van der Waals surface area contributed by atoms with Crippen LogP contribution in [0.4, 0.5) is 5.69 Å². The molecule has 1 aliphatic heterocycles. The number of nitrogens with two attached hydrogens (primary N) is 1. The summed E-state index contributed by atoms with van der Waals surface area (Å²) in [5.74, 6) is 0.691. The summed E-state index contributed by atoms with van der Waals surface area (Å²) >= 11 is 11.9. The van der Waals surface area contributed by atoms with E-state index in [1.807, 2.05) is 6.07 Å². The second kappa shape index (κ2) is 9.59. The van der Waals surface area contributed by atoms with E-state index >= 15 is 0 Å². The molecule has 1 atom stereocenters. The standard InChI is InChI=1S/C17H16Cl2N6O2.ClH/c18-13-6-1-10(9-14(13)19)7-8-21-17-23-15(22-16(20)24-17)11-2-4-12(5-3-11)25(26)27;/h1-6,9,15H,7-8H2,(H4,20,21,22,23,24);1H. The van der Waals surface area contributed by atoms with Gasteiger partial charge in [0.2, 0.25) is 0 Å². The van der Waals surface area contributed by atoms with Crippen molar-refractivity contribution in [2.24, 2.45) is 15.7 Å². The molecule has 8 nitrogen and oxygen atoms in total. The number of nitro benzene ring substituents is 1. The maximum Gasteiger partial charge on any atom is 0.269 e. The van der Waals surface area contributed by atoms with Crippen molar-refractivity contribution in [2.45, 2.75) is 12.6 Å². The lowest BCUT2D eigenvalue weighted by Crippen LogP contribution is -2.50. The number of nitrogens with zero attached hydrogens (tertiary/aromatic N) is 3. The van der Waals surface area contributed by atoms with Gasteiger partial charge in [-0.2, -0.15) is 0 Å². The number of aliphatic imine (C=N–C) groups is 2. The summed E-state index contributed by atoms with van der Waals surface area (Å²) in [6.45, 7) is 0.494. The van der Waals surface area contributed by atoms with Crippen LogP contribution in [0.25, 0.3) is 0 Å². The smallest absolute Gasteiger partial charge is 0.269 e. The Kier molecular flexibility index (Phi) is 7.45. The van der Waals surface area contributed by atoms with Crippen LogP contribution in [0.3, 0.4) is 0 Å². The highest BCUT2D eigenvalue weighted by atomic mass is 35.5. The minimum Gasteiger partial charge on any atom is -0.370 e. The molecule has 2 aromatic carbocycles. The van der Waals surface area contributed by atoms with Crippen LogP contribution in [0.2, 0.25) is 10.0 Å². The van der Waals surface area contributed by atoms with Gasteiger partial charge in [-0.1, -0.05) is 29.3 Å². The highest BCUT2D eigenvalue weighted by molar-refractivity contribution is 6.42. The molecule has 4 N–H and O–H groups in total. The van der Waals surface area contributed by atoms with Gasteiger partial charge in [-0.25, -0.2) is 4.99 Å². The van der Waals surface area contributed by atoms with E-state index in [0.717, 1.165) is 11.1 Å². The molecule has 1 unspecified atom stereocenters. The fraction of sp³-hybridized carbons (Fsp3) is 0.176. The third-order valence-electron chi connectivity index (χ3n) is 3.86. The average molecular weight is 444 g/mol. The third-order valence-corrected chi connectivity index (χ3v) is 4.60. The van der Waals surface area contributed by atoms with Crippen molar-refractivity contribution in [3.63, 3.8) is 0 Å². The highest BCUT2D eigenvalue weighted by Gasteiger charge is 2.19. The van der Waals surface area contributed by atoms with Crippen molar-refractivity contribution in [1.82, 2.24) is 10.6 Å². The zero-order chi connectivity index (χ0) is 19.4. The molecular weight excluding hydrogens is 427 g/mol. The molecule has 28 heavy (non-hydrogen) atoms. The van der Waals surface area contributed by atoms with E-state index in [1.165, 1.54) is 12.1 Å². The van der Waals surface area contributed by atoms with Crippen LogP contribution in [0.15, 0.2) is 52.4 Å². The largest absolute Gasteiger partial charge is 0.370 e. The number of guanidine groups is 2. The molecule has 0 aliphatic carbocycles. The lowest BCUT2D eigenvalue weighted by molar-refractivity contribution is -0.384. The van der Waals surface area contributed by atoms with E-state index in [4.69, 9.17) is 28.9 Å². The second-order valence-electron chi connectivity index (χ2n) is 5.76. The average Bonchev–Trinajstić information content (AvgIpc) is 2.64. The van der Waals surface area contributed by atoms with E-state index < -0.39 is 11.1 Å². The van der Waals surface area contributed by atoms with Crippen molar-refractivity contribution in [1.29, 1.82) is 0 Å². The molecule has 1 heterocycles. The van der Waals surface area contributed by atoms with Gasteiger partial charge in [-0.3, -0.25) is 20.4 Å². The molecule has 0 radical (unpaired) electrons. The first-order valence-corrected chi connectivity index (χ1v) is 8.77. The van der Waals surface area contributed by atoms with E-state index in [9.17, 15) is 10.1 Å². The van der Waals surface area contributed by atoms with Crippen LogP contribution in [-0.4, -0.2) is 23.4 Å². The van der Waals surface area contributed by atoms with Crippen LogP contribution in [0, 0.1) is 10.1 Å². The van der Waals surface area contributed by atoms with Crippen LogP contribution in [0.1, 0.15) is 17.3 Å². The molecule has 3 rings (SSSR count). The van der Waals surface area contributed by atoms with E-state index in [1.54, 1.807) is 24.3 Å². The molecule has 11 heteroatoms. The number of non-ortho nitro benzene ring substituents is 1. The van der Waals surface area contributed by atoms with Crippen molar-refractivity contribution >= 4 is 53.2 Å². The van der Waals surface area contributed by atoms with Gasteiger partial charge in [0.05, 0.1) is 15.0 Å². The number of nitro groups is 1. The van der Waals surface area contributed by atoms with Gasteiger partial charge < -0.3 is 11.1 Å². The second-order valence-corrected chi connectivity index (χ2v) is 6.58. The highest BCUT2D eigenvalue weighted by Crippen LogP contribution is 2.23. The molecule has 2 aromatic rings. The Labute approximate surface area is 177 Å². The third kappa shape index (κ3) is 5.48. The van der Waals surface area contributed by atoms with Gasteiger partial charge in [-0.15, -0.1) is 12.4 Å². The summed E-state index contributed by atoms with van der Waals surface area (Å²) in [7, 11) is 0. The molecule has 0 saturated heterocycles. The molecule has 148 valence electrons. The molecule has 0 spiro atoms. The number of halogens is 3. The van der Waals surface area contributed by atoms with Gasteiger partial charge in [0.25, 0.3) is 5.69 Å². The first-order valence-electron chi connectivity index (χ1n) is 8.02. The fourth-order valence-electron chi connectivity index (χ4n) is 2.50. The molecule has 1 aliphatic rings. The minimum atomic E-state index is -0.476. The summed E-state index contributed by atoms with van der Waals surface area (Å²) in [5, 5.41) is 17.8. The summed E-state index contributed by atoms with van der Waals surface area (Å²) in [5.41, 5.74) is 7.59. The van der Waals surface area contributed by atoms with Crippen LogP contribution in [0.5, 0.6) is 0 Å². The number of nitrogens with one attached hydrogen (secondary N) is 2.